The summed E-state index contributed by atoms with van der Waals surface area (Å²) in [4.78, 5) is 1.22. The number of halogens is 3. The van der Waals surface area contributed by atoms with E-state index in [4.69, 9.17) is 11.6 Å². The van der Waals surface area contributed by atoms with Crippen LogP contribution >= 0.6 is 39.3 Å². The molecule has 21 heavy (non-hydrogen) atoms. The lowest BCUT2D eigenvalue weighted by Crippen LogP contribution is -2.30. The van der Waals surface area contributed by atoms with Crippen molar-refractivity contribution in [1.82, 2.24) is 5.32 Å². The van der Waals surface area contributed by atoms with Crippen LogP contribution in [-0.4, -0.2) is 18.8 Å². The van der Waals surface area contributed by atoms with E-state index in [1.165, 1.54) is 17.0 Å². The summed E-state index contributed by atoms with van der Waals surface area (Å²) in [5.41, 5.74) is 0.965. The SMILES string of the molecule is CNC(CSc1cccc(Br)c1)Cc1ccc(F)cc1Cl. The van der Waals surface area contributed by atoms with Crippen molar-refractivity contribution in [2.24, 2.45) is 0 Å². The Morgan fingerprint density at radius 3 is 2.76 bits per heavy atom. The van der Waals surface area contributed by atoms with Gasteiger partial charge < -0.3 is 5.32 Å². The number of hydrogen-bond donors (Lipinski definition) is 1. The summed E-state index contributed by atoms with van der Waals surface area (Å²) < 4.78 is 14.1. The Morgan fingerprint density at radius 1 is 1.29 bits per heavy atom. The zero-order valence-electron chi connectivity index (χ0n) is 11.6. The van der Waals surface area contributed by atoms with E-state index >= 15 is 0 Å². The molecule has 0 radical (unpaired) electrons. The normalized spacial score (nSPS) is 12.4. The summed E-state index contributed by atoms with van der Waals surface area (Å²) in [6.07, 6.45) is 0.774. The molecule has 2 aromatic carbocycles. The van der Waals surface area contributed by atoms with Gasteiger partial charge in [0.2, 0.25) is 0 Å². The van der Waals surface area contributed by atoms with Crippen molar-refractivity contribution in [3.05, 3.63) is 63.3 Å². The molecule has 0 fully saturated rings. The highest BCUT2D eigenvalue weighted by molar-refractivity contribution is 9.10. The highest BCUT2D eigenvalue weighted by atomic mass is 79.9. The minimum Gasteiger partial charge on any atom is -0.316 e. The summed E-state index contributed by atoms with van der Waals surface area (Å²) in [5.74, 6) is 0.619. The van der Waals surface area contributed by atoms with E-state index < -0.39 is 0 Å². The van der Waals surface area contributed by atoms with Crippen molar-refractivity contribution < 1.29 is 4.39 Å². The van der Waals surface area contributed by atoms with Gasteiger partial charge in [0.15, 0.2) is 0 Å². The molecule has 1 atom stereocenters. The predicted molar refractivity (Wildman–Crippen MR) is 92.8 cm³/mol. The van der Waals surface area contributed by atoms with Crippen LogP contribution in [0.25, 0.3) is 0 Å². The number of rotatable bonds is 6. The highest BCUT2D eigenvalue weighted by Crippen LogP contribution is 2.24. The molecule has 0 amide bonds. The third-order valence-corrected chi connectivity index (χ3v) is 5.14. The van der Waals surface area contributed by atoms with E-state index in [-0.39, 0.29) is 11.9 Å². The largest absolute Gasteiger partial charge is 0.316 e. The lowest BCUT2D eigenvalue weighted by molar-refractivity contribution is 0.610. The minimum atomic E-state index is -0.298. The summed E-state index contributed by atoms with van der Waals surface area (Å²) in [6.45, 7) is 0. The Balaban J connectivity index is 1.97. The maximum Gasteiger partial charge on any atom is 0.124 e. The van der Waals surface area contributed by atoms with Gasteiger partial charge in [0.1, 0.15) is 5.82 Å². The van der Waals surface area contributed by atoms with Crippen LogP contribution in [-0.2, 0) is 6.42 Å². The molecule has 2 aromatic rings. The minimum absolute atomic E-state index is 0.275. The topological polar surface area (TPSA) is 12.0 Å². The maximum absolute atomic E-state index is 13.1. The van der Waals surface area contributed by atoms with Gasteiger partial charge >= 0.3 is 0 Å². The standard InChI is InChI=1S/C16H16BrClFNS/c1-20-14(7-11-5-6-13(19)9-16(11)18)10-21-15-4-2-3-12(17)8-15/h2-6,8-9,14,20H,7,10H2,1H3. The molecule has 0 saturated carbocycles. The van der Waals surface area contributed by atoms with Gasteiger partial charge in [-0.15, -0.1) is 11.8 Å². The lowest BCUT2D eigenvalue weighted by Gasteiger charge is -2.17. The van der Waals surface area contributed by atoms with Crippen LogP contribution in [0, 0.1) is 5.82 Å². The fourth-order valence-corrected chi connectivity index (χ4v) is 3.81. The van der Waals surface area contributed by atoms with Gasteiger partial charge in [-0.2, -0.15) is 0 Å². The summed E-state index contributed by atoms with van der Waals surface area (Å²) in [5, 5.41) is 3.78. The molecule has 5 heteroatoms. The van der Waals surface area contributed by atoms with Crippen LogP contribution in [0.15, 0.2) is 51.8 Å². The molecule has 2 rings (SSSR count). The molecule has 0 bridgehead atoms. The molecule has 0 aliphatic heterocycles. The van der Waals surface area contributed by atoms with Crippen molar-refractivity contribution in [1.29, 1.82) is 0 Å². The van der Waals surface area contributed by atoms with Gasteiger partial charge in [0.05, 0.1) is 0 Å². The van der Waals surface area contributed by atoms with Gasteiger partial charge in [-0.3, -0.25) is 0 Å². The van der Waals surface area contributed by atoms with E-state index in [2.05, 4.69) is 33.4 Å². The average Bonchev–Trinajstić information content (AvgIpc) is 2.45. The van der Waals surface area contributed by atoms with Crippen molar-refractivity contribution in [2.75, 3.05) is 12.8 Å². The second kappa shape index (κ2) is 8.18. The predicted octanol–water partition coefficient (Wildman–Crippen LogP) is 5.16. The van der Waals surface area contributed by atoms with E-state index in [0.717, 1.165) is 22.2 Å². The van der Waals surface area contributed by atoms with Gasteiger partial charge in [-0.1, -0.05) is 39.7 Å². The molecule has 0 aliphatic rings. The Morgan fingerprint density at radius 2 is 2.10 bits per heavy atom. The van der Waals surface area contributed by atoms with E-state index in [1.807, 2.05) is 19.2 Å². The molecule has 0 aliphatic carbocycles. The van der Waals surface area contributed by atoms with Crippen LogP contribution < -0.4 is 5.32 Å². The first-order chi connectivity index (χ1) is 10.1. The molecule has 0 saturated heterocycles. The zero-order chi connectivity index (χ0) is 15.2. The Labute approximate surface area is 142 Å². The molecule has 1 nitrogen and oxygen atoms in total. The smallest absolute Gasteiger partial charge is 0.124 e. The number of thioether (sulfide) groups is 1. The summed E-state index contributed by atoms with van der Waals surface area (Å²) >= 11 is 11.3. The van der Waals surface area contributed by atoms with Gasteiger partial charge in [0, 0.05) is 26.2 Å². The second-order valence-corrected chi connectivity index (χ2v) is 7.11. The van der Waals surface area contributed by atoms with Gasteiger partial charge in [-0.05, 0) is 49.4 Å². The first-order valence-electron chi connectivity index (χ1n) is 6.58. The number of hydrogen-bond acceptors (Lipinski definition) is 2. The second-order valence-electron chi connectivity index (χ2n) is 4.69. The van der Waals surface area contributed by atoms with Crippen LogP contribution in [0.2, 0.25) is 5.02 Å². The first-order valence-corrected chi connectivity index (χ1v) is 8.73. The van der Waals surface area contributed by atoms with E-state index in [0.29, 0.717) is 5.02 Å². The highest BCUT2D eigenvalue weighted by Gasteiger charge is 2.11. The Hall–Kier alpha value is -0.550. The Bertz CT molecular complexity index is 609. The molecule has 112 valence electrons. The third kappa shape index (κ3) is 5.29. The monoisotopic (exact) mass is 387 g/mol. The van der Waals surface area contributed by atoms with Gasteiger partial charge in [0.25, 0.3) is 0 Å². The van der Waals surface area contributed by atoms with Crippen molar-refractivity contribution in [2.45, 2.75) is 17.4 Å². The number of nitrogens with one attached hydrogen (secondary N) is 1. The molecular formula is C16H16BrClFNS. The third-order valence-electron chi connectivity index (χ3n) is 3.14. The summed E-state index contributed by atoms with van der Waals surface area (Å²) in [7, 11) is 1.93. The number of likely N-dealkylation sites (N-methyl/N-ethyl adjacent to an activating group) is 1. The fraction of sp³-hybridized carbons (Fsp3) is 0.250. The maximum atomic E-state index is 13.1. The fourth-order valence-electron chi connectivity index (χ4n) is 1.95. The van der Waals surface area contributed by atoms with E-state index in [1.54, 1.807) is 17.8 Å². The van der Waals surface area contributed by atoms with Crippen LogP contribution in [0.3, 0.4) is 0 Å². The molecule has 1 N–H and O–H groups in total. The molecule has 0 aromatic heterocycles. The van der Waals surface area contributed by atoms with Crippen molar-refractivity contribution in [3.63, 3.8) is 0 Å². The van der Waals surface area contributed by atoms with E-state index in [9.17, 15) is 4.39 Å². The van der Waals surface area contributed by atoms with Crippen LogP contribution in [0.5, 0.6) is 0 Å². The van der Waals surface area contributed by atoms with Crippen molar-refractivity contribution >= 4 is 39.3 Å². The average molecular weight is 389 g/mol. The van der Waals surface area contributed by atoms with Crippen LogP contribution in [0.1, 0.15) is 5.56 Å². The first kappa shape index (κ1) is 16.8. The summed E-state index contributed by atoms with van der Waals surface area (Å²) in [6, 6.07) is 13.1. The Kier molecular flexibility index (Phi) is 6.55. The molecule has 0 spiro atoms. The van der Waals surface area contributed by atoms with Crippen molar-refractivity contribution in [3.8, 4) is 0 Å². The zero-order valence-corrected chi connectivity index (χ0v) is 14.7. The van der Waals surface area contributed by atoms with Gasteiger partial charge in [-0.25, -0.2) is 4.39 Å². The number of benzene rings is 2. The lowest BCUT2D eigenvalue weighted by atomic mass is 10.1. The quantitative estimate of drug-likeness (QED) is 0.686. The molecular weight excluding hydrogens is 373 g/mol. The van der Waals surface area contributed by atoms with Crippen LogP contribution in [0.4, 0.5) is 4.39 Å². The molecule has 1 unspecified atom stereocenters. The molecule has 0 heterocycles.